The van der Waals surface area contributed by atoms with Gasteiger partial charge in [0.2, 0.25) is 0 Å². The summed E-state index contributed by atoms with van der Waals surface area (Å²) in [4.78, 5) is 2.41. The molecular weight excluding hydrogens is 851 g/mol. The molecule has 10 aromatic rings. The fraction of sp³-hybridized carbons (Fsp3) is 0.0476. The van der Waals surface area contributed by atoms with E-state index in [1.807, 2.05) is 0 Å². The van der Waals surface area contributed by atoms with Crippen LogP contribution in [0.3, 0.4) is 0 Å². The highest BCUT2D eigenvalue weighted by molar-refractivity contribution is 9.10. The molecule has 0 aromatic heterocycles. The number of halogens is 1. The highest BCUT2D eigenvalue weighted by Gasteiger charge is 2.35. The molecule has 0 N–H and O–H groups in total. The first-order chi connectivity index (χ1) is 31.9. The lowest BCUT2D eigenvalue weighted by molar-refractivity contribution is 0.660. The molecule has 10 aromatic carbocycles. The highest BCUT2D eigenvalue weighted by atomic mass is 79.9. The molecule has 0 unspecified atom stereocenters. The topological polar surface area (TPSA) is 3.24 Å². The fourth-order valence-corrected chi connectivity index (χ4v) is 10.3. The van der Waals surface area contributed by atoms with E-state index in [0.717, 1.165) is 32.7 Å². The first kappa shape index (κ1) is 40.3. The van der Waals surface area contributed by atoms with Crippen molar-refractivity contribution < 1.29 is 0 Å². The van der Waals surface area contributed by atoms with Crippen LogP contribution < -0.4 is 4.90 Å². The van der Waals surface area contributed by atoms with Gasteiger partial charge in [0.05, 0.1) is 0 Å². The number of benzene rings is 10. The molecule has 0 aliphatic heterocycles. The summed E-state index contributed by atoms with van der Waals surface area (Å²) in [6, 6.07) is 88.5. The van der Waals surface area contributed by atoms with Gasteiger partial charge < -0.3 is 4.90 Å². The Labute approximate surface area is 391 Å². The van der Waals surface area contributed by atoms with Crippen LogP contribution in [-0.4, -0.2) is 0 Å². The van der Waals surface area contributed by atoms with Crippen LogP contribution in [-0.2, 0) is 5.41 Å². The number of hydrogen-bond donors (Lipinski definition) is 0. The summed E-state index contributed by atoms with van der Waals surface area (Å²) in [7, 11) is 0. The van der Waals surface area contributed by atoms with Gasteiger partial charge in [-0.3, -0.25) is 0 Å². The average Bonchev–Trinajstić information content (AvgIpc) is 3.60. The summed E-state index contributed by atoms with van der Waals surface area (Å²) in [6.07, 6.45) is 0. The minimum absolute atomic E-state index is 0.122. The van der Waals surface area contributed by atoms with Gasteiger partial charge in [-0.25, -0.2) is 0 Å². The van der Waals surface area contributed by atoms with Crippen molar-refractivity contribution in [3.63, 3.8) is 0 Å². The first-order valence-corrected chi connectivity index (χ1v) is 23.1. The van der Waals surface area contributed by atoms with E-state index < -0.39 is 0 Å². The summed E-state index contributed by atoms with van der Waals surface area (Å²) in [5.74, 6) is 0. The van der Waals surface area contributed by atoms with Gasteiger partial charge in [-0.05, 0) is 144 Å². The normalized spacial score (nSPS) is 12.4. The molecular formula is C63H46BrN. The lowest BCUT2D eigenvalue weighted by atomic mass is 9.82. The van der Waals surface area contributed by atoms with E-state index in [0.29, 0.717) is 0 Å². The van der Waals surface area contributed by atoms with Gasteiger partial charge in [-0.15, -0.1) is 0 Å². The molecule has 0 atom stereocenters. The number of hydrogen-bond acceptors (Lipinski definition) is 1. The molecule has 0 heterocycles. The summed E-state index contributed by atoms with van der Waals surface area (Å²) in [6.45, 7) is 4.71. The first-order valence-electron chi connectivity index (χ1n) is 22.4. The van der Waals surface area contributed by atoms with Crippen LogP contribution in [0.1, 0.15) is 25.0 Å². The third kappa shape index (κ3) is 7.50. The molecule has 0 saturated carbocycles. The Bertz CT molecular complexity index is 3320. The van der Waals surface area contributed by atoms with Gasteiger partial charge in [0.15, 0.2) is 0 Å². The summed E-state index contributed by atoms with van der Waals surface area (Å²) < 4.78 is 1.06. The second kappa shape index (κ2) is 16.9. The van der Waals surface area contributed by atoms with E-state index in [2.05, 4.69) is 277 Å². The number of anilines is 3. The highest BCUT2D eigenvalue weighted by Crippen LogP contribution is 2.51. The molecule has 310 valence electrons. The minimum atomic E-state index is -0.122. The predicted molar refractivity (Wildman–Crippen MR) is 279 cm³/mol. The van der Waals surface area contributed by atoms with Crippen molar-refractivity contribution in [1.82, 2.24) is 0 Å². The van der Waals surface area contributed by atoms with Crippen LogP contribution >= 0.6 is 15.9 Å². The van der Waals surface area contributed by atoms with Gasteiger partial charge in [0, 0.05) is 26.9 Å². The van der Waals surface area contributed by atoms with Crippen molar-refractivity contribution in [2.75, 3.05) is 4.90 Å². The Hall–Kier alpha value is -7.52. The number of fused-ring (bicyclic) bond motifs is 3. The van der Waals surface area contributed by atoms with Crippen LogP contribution in [0.5, 0.6) is 0 Å². The SMILES string of the molecule is CC1(C)c2ccccc2-c2ccc(N(c3ccc(-c4ccccc4)cc3)c3ccc(-c4ccc(-c5ccccc5)cc4-c4cc(-c5ccccc5)ccc4-c4ccccc4Br)cc3)cc21. The molecule has 1 aliphatic rings. The Kier molecular flexibility index (Phi) is 10.5. The Balaban J connectivity index is 1.07. The third-order valence-electron chi connectivity index (χ3n) is 13.2. The van der Waals surface area contributed by atoms with Crippen molar-refractivity contribution >= 4 is 33.0 Å². The van der Waals surface area contributed by atoms with E-state index in [9.17, 15) is 0 Å². The van der Waals surface area contributed by atoms with E-state index in [4.69, 9.17) is 0 Å². The van der Waals surface area contributed by atoms with Crippen LogP contribution in [0.2, 0.25) is 0 Å². The Morgan fingerprint density at radius 1 is 0.277 bits per heavy atom. The van der Waals surface area contributed by atoms with E-state index in [1.165, 1.54) is 77.9 Å². The van der Waals surface area contributed by atoms with Gasteiger partial charge in [0.25, 0.3) is 0 Å². The van der Waals surface area contributed by atoms with Crippen LogP contribution in [0, 0.1) is 0 Å². The van der Waals surface area contributed by atoms with Gasteiger partial charge >= 0.3 is 0 Å². The monoisotopic (exact) mass is 895 g/mol. The molecule has 0 saturated heterocycles. The fourth-order valence-electron chi connectivity index (χ4n) is 9.82. The average molecular weight is 897 g/mol. The quantitative estimate of drug-likeness (QED) is 0.140. The maximum atomic E-state index is 3.92. The smallest absolute Gasteiger partial charge is 0.0465 e. The summed E-state index contributed by atoms with van der Waals surface area (Å²) in [5, 5.41) is 0. The standard InChI is InChI=1S/C63H46BrN/c1-63(2)60-24-14-12-22-55(60)56-39-36-52(42-61(56)63)65(50-32-26-46(27-33-50)43-16-6-3-7-17-43)51-34-28-47(29-35-51)53-37-30-48(44-18-8-4-9-19-44)40-58(53)59-41-49(45-20-10-5-11-21-45)31-38-54(59)57-23-13-15-25-62(57)64/h3-42H,1-2H3. The van der Waals surface area contributed by atoms with E-state index in [-0.39, 0.29) is 5.41 Å². The van der Waals surface area contributed by atoms with Gasteiger partial charge in [-0.2, -0.15) is 0 Å². The second-order valence-corrected chi connectivity index (χ2v) is 18.3. The molecule has 2 heteroatoms. The maximum absolute atomic E-state index is 3.92. The Morgan fingerprint density at radius 2 is 0.677 bits per heavy atom. The number of rotatable bonds is 9. The van der Waals surface area contributed by atoms with Crippen LogP contribution in [0.15, 0.2) is 247 Å². The molecule has 0 amide bonds. The molecule has 0 bridgehead atoms. The van der Waals surface area contributed by atoms with Gasteiger partial charge in [-0.1, -0.05) is 218 Å². The molecule has 65 heavy (non-hydrogen) atoms. The van der Waals surface area contributed by atoms with Crippen LogP contribution in [0.4, 0.5) is 17.1 Å². The molecule has 0 fully saturated rings. The lowest BCUT2D eigenvalue weighted by Crippen LogP contribution is -2.16. The van der Waals surface area contributed by atoms with Crippen LogP contribution in [0.25, 0.3) is 77.9 Å². The minimum Gasteiger partial charge on any atom is -0.310 e. The van der Waals surface area contributed by atoms with E-state index >= 15 is 0 Å². The van der Waals surface area contributed by atoms with Gasteiger partial charge in [0.1, 0.15) is 0 Å². The van der Waals surface area contributed by atoms with Crippen molar-refractivity contribution in [1.29, 1.82) is 0 Å². The zero-order valence-corrected chi connectivity index (χ0v) is 38.0. The van der Waals surface area contributed by atoms with E-state index in [1.54, 1.807) is 0 Å². The Morgan fingerprint density at radius 3 is 1.26 bits per heavy atom. The second-order valence-electron chi connectivity index (χ2n) is 17.4. The largest absolute Gasteiger partial charge is 0.310 e. The third-order valence-corrected chi connectivity index (χ3v) is 13.9. The molecule has 1 nitrogen and oxygen atoms in total. The summed E-state index contributed by atoms with van der Waals surface area (Å²) >= 11 is 3.92. The van der Waals surface area contributed by atoms with Crippen molar-refractivity contribution in [3.05, 3.63) is 258 Å². The summed E-state index contributed by atoms with van der Waals surface area (Å²) in [5.41, 5.74) is 22.7. The molecule has 1 aliphatic carbocycles. The lowest BCUT2D eigenvalue weighted by Gasteiger charge is -2.28. The van der Waals surface area contributed by atoms with Crippen molar-refractivity contribution in [3.8, 4) is 77.9 Å². The molecule has 11 rings (SSSR count). The maximum Gasteiger partial charge on any atom is 0.0465 e. The zero-order valence-electron chi connectivity index (χ0n) is 36.4. The predicted octanol–water partition coefficient (Wildman–Crippen LogP) is 18.2. The molecule has 0 radical (unpaired) electrons. The van der Waals surface area contributed by atoms with Crippen molar-refractivity contribution in [2.45, 2.75) is 19.3 Å². The zero-order chi connectivity index (χ0) is 43.9. The van der Waals surface area contributed by atoms with Crippen molar-refractivity contribution in [2.24, 2.45) is 0 Å². The molecule has 0 spiro atoms. The number of nitrogens with zero attached hydrogens (tertiary/aromatic N) is 1.